The van der Waals surface area contributed by atoms with Gasteiger partial charge < -0.3 is 4.90 Å². The highest BCUT2D eigenvalue weighted by Crippen LogP contribution is 2.22. The molecule has 1 aliphatic heterocycles. The summed E-state index contributed by atoms with van der Waals surface area (Å²) >= 11 is 5.97. The quantitative estimate of drug-likeness (QED) is 0.897. The smallest absolute Gasteiger partial charge is 0.242 e. The van der Waals surface area contributed by atoms with Crippen molar-refractivity contribution in [3.05, 3.63) is 28.8 Å². The van der Waals surface area contributed by atoms with Crippen molar-refractivity contribution in [3.63, 3.8) is 0 Å². The van der Waals surface area contributed by atoms with Gasteiger partial charge in [0.15, 0.2) is 0 Å². The molecule has 1 N–H and O–H groups in total. The summed E-state index contributed by atoms with van der Waals surface area (Å²) in [6.45, 7) is 4.56. The third kappa shape index (κ3) is 4.17. The Bertz CT molecular complexity index is 649. The molecule has 0 radical (unpaired) electrons. The molecule has 1 heterocycles. The van der Waals surface area contributed by atoms with E-state index in [-0.39, 0.29) is 16.0 Å². The fourth-order valence-corrected chi connectivity index (χ4v) is 4.29. The summed E-state index contributed by atoms with van der Waals surface area (Å²) in [6, 6.07) is 5.91. The molecule has 2 rings (SSSR count). The Hall–Kier alpha value is -1.13. The highest BCUT2D eigenvalue weighted by Gasteiger charge is 2.22. The van der Waals surface area contributed by atoms with Crippen LogP contribution in [0.25, 0.3) is 0 Å². The maximum atomic E-state index is 12.3. The fourth-order valence-electron chi connectivity index (χ4n) is 2.51. The van der Waals surface area contributed by atoms with Crippen molar-refractivity contribution < 1.29 is 8.42 Å². The van der Waals surface area contributed by atoms with E-state index in [1.807, 2.05) is 13.0 Å². The molecule has 0 spiro atoms. The maximum absolute atomic E-state index is 12.3. The zero-order chi connectivity index (χ0) is 15.5. The van der Waals surface area contributed by atoms with Crippen molar-refractivity contribution in [2.75, 3.05) is 19.6 Å². The van der Waals surface area contributed by atoms with Crippen LogP contribution in [-0.4, -0.2) is 39.0 Å². The van der Waals surface area contributed by atoms with Gasteiger partial charge in [0.25, 0.3) is 0 Å². The molecule has 114 valence electrons. The average molecular weight is 328 g/mol. The molecular formula is C14H18ClN3O2S. The van der Waals surface area contributed by atoms with E-state index in [0.717, 1.165) is 13.1 Å². The van der Waals surface area contributed by atoms with Crippen LogP contribution in [0, 0.1) is 11.3 Å². The van der Waals surface area contributed by atoms with E-state index >= 15 is 0 Å². The Balaban J connectivity index is 2.09. The van der Waals surface area contributed by atoms with Crippen molar-refractivity contribution in [1.82, 2.24) is 9.62 Å². The lowest BCUT2D eigenvalue weighted by Gasteiger charge is -2.21. The van der Waals surface area contributed by atoms with Gasteiger partial charge in [0.05, 0.1) is 16.7 Å². The predicted octanol–water partition coefficient (Wildman–Crippen LogP) is 1.97. The van der Waals surface area contributed by atoms with Gasteiger partial charge in [0.2, 0.25) is 10.0 Å². The van der Waals surface area contributed by atoms with Gasteiger partial charge in [-0.15, -0.1) is 0 Å². The van der Waals surface area contributed by atoms with Crippen LogP contribution in [0.3, 0.4) is 0 Å². The lowest BCUT2D eigenvalue weighted by molar-refractivity contribution is 0.313. The molecule has 0 saturated carbocycles. The monoisotopic (exact) mass is 327 g/mol. The average Bonchev–Trinajstić information content (AvgIpc) is 2.90. The van der Waals surface area contributed by atoms with E-state index in [9.17, 15) is 8.42 Å². The van der Waals surface area contributed by atoms with Crippen molar-refractivity contribution in [1.29, 1.82) is 5.26 Å². The van der Waals surface area contributed by atoms with Gasteiger partial charge in [-0.05, 0) is 51.1 Å². The maximum Gasteiger partial charge on any atom is 0.242 e. The Labute approximate surface area is 130 Å². The van der Waals surface area contributed by atoms with Gasteiger partial charge in [-0.2, -0.15) is 5.26 Å². The molecule has 5 nitrogen and oxygen atoms in total. The topological polar surface area (TPSA) is 73.2 Å². The number of hydrogen-bond acceptors (Lipinski definition) is 4. The molecule has 1 unspecified atom stereocenters. The van der Waals surface area contributed by atoms with Gasteiger partial charge in [-0.3, -0.25) is 0 Å². The summed E-state index contributed by atoms with van der Waals surface area (Å²) < 4.78 is 27.3. The molecule has 0 aliphatic carbocycles. The lowest BCUT2D eigenvalue weighted by Crippen LogP contribution is -2.41. The van der Waals surface area contributed by atoms with E-state index in [0.29, 0.717) is 12.1 Å². The number of nitrogens with one attached hydrogen (secondary N) is 1. The Kier molecular flexibility index (Phi) is 5.22. The standard InChI is InChI=1S/C14H18ClN3O2S/c1-11(10-18-6-2-3-7-18)17-21(19,20)14-5-4-12(9-16)8-13(14)15/h4-5,8,11,17H,2-3,6-7,10H2,1H3. The molecular weight excluding hydrogens is 310 g/mol. The fraction of sp³-hybridized carbons (Fsp3) is 0.500. The largest absolute Gasteiger partial charge is 0.302 e. The van der Waals surface area contributed by atoms with Crippen LogP contribution in [0.15, 0.2) is 23.1 Å². The summed E-state index contributed by atoms with van der Waals surface area (Å²) in [6.07, 6.45) is 2.34. The van der Waals surface area contributed by atoms with Gasteiger partial charge in [-0.25, -0.2) is 13.1 Å². The molecule has 21 heavy (non-hydrogen) atoms. The van der Waals surface area contributed by atoms with Crippen molar-refractivity contribution >= 4 is 21.6 Å². The number of nitrogens with zero attached hydrogens (tertiary/aromatic N) is 2. The minimum atomic E-state index is -3.67. The van der Waals surface area contributed by atoms with Crippen LogP contribution in [0.2, 0.25) is 5.02 Å². The summed E-state index contributed by atoms with van der Waals surface area (Å²) in [7, 11) is -3.67. The Morgan fingerprint density at radius 1 is 1.43 bits per heavy atom. The second-order valence-corrected chi connectivity index (χ2v) is 7.38. The SMILES string of the molecule is CC(CN1CCCC1)NS(=O)(=O)c1ccc(C#N)cc1Cl. The molecule has 1 aromatic rings. The number of rotatable bonds is 5. The van der Waals surface area contributed by atoms with Crippen LogP contribution in [0.1, 0.15) is 25.3 Å². The molecule has 0 bridgehead atoms. The Morgan fingerprint density at radius 2 is 2.10 bits per heavy atom. The van der Waals surface area contributed by atoms with E-state index in [2.05, 4.69) is 9.62 Å². The second kappa shape index (κ2) is 6.75. The first-order valence-electron chi connectivity index (χ1n) is 6.87. The Morgan fingerprint density at radius 3 is 2.67 bits per heavy atom. The normalized spacial score (nSPS) is 17.6. The molecule has 1 atom stereocenters. The molecule has 1 aliphatic rings. The first kappa shape index (κ1) is 16.2. The number of nitriles is 1. The zero-order valence-electron chi connectivity index (χ0n) is 11.8. The van der Waals surface area contributed by atoms with Crippen LogP contribution >= 0.6 is 11.6 Å². The molecule has 1 saturated heterocycles. The zero-order valence-corrected chi connectivity index (χ0v) is 13.4. The van der Waals surface area contributed by atoms with E-state index in [1.54, 1.807) is 0 Å². The van der Waals surface area contributed by atoms with Gasteiger partial charge in [0.1, 0.15) is 4.90 Å². The molecule has 0 amide bonds. The van der Waals surface area contributed by atoms with Crippen LogP contribution in [0.5, 0.6) is 0 Å². The summed E-state index contributed by atoms with van der Waals surface area (Å²) in [5.41, 5.74) is 0.337. The summed E-state index contributed by atoms with van der Waals surface area (Å²) in [4.78, 5) is 2.25. The highest BCUT2D eigenvalue weighted by atomic mass is 35.5. The summed E-state index contributed by atoms with van der Waals surface area (Å²) in [5.74, 6) is 0. The minimum Gasteiger partial charge on any atom is -0.302 e. The van der Waals surface area contributed by atoms with Gasteiger partial charge in [0, 0.05) is 12.6 Å². The van der Waals surface area contributed by atoms with E-state index < -0.39 is 10.0 Å². The number of sulfonamides is 1. The molecule has 7 heteroatoms. The third-order valence-corrected chi connectivity index (χ3v) is 5.51. The minimum absolute atomic E-state index is 0.0106. The third-order valence-electron chi connectivity index (χ3n) is 3.44. The van der Waals surface area contributed by atoms with Crippen LogP contribution in [0.4, 0.5) is 0 Å². The van der Waals surface area contributed by atoms with Crippen molar-refractivity contribution in [2.45, 2.75) is 30.7 Å². The van der Waals surface area contributed by atoms with E-state index in [4.69, 9.17) is 16.9 Å². The molecule has 0 aromatic heterocycles. The van der Waals surface area contributed by atoms with E-state index in [1.165, 1.54) is 31.0 Å². The summed E-state index contributed by atoms with van der Waals surface area (Å²) in [5, 5.41) is 8.85. The first-order valence-corrected chi connectivity index (χ1v) is 8.73. The highest BCUT2D eigenvalue weighted by molar-refractivity contribution is 7.89. The van der Waals surface area contributed by atoms with Gasteiger partial charge >= 0.3 is 0 Å². The van der Waals surface area contributed by atoms with Gasteiger partial charge in [-0.1, -0.05) is 11.6 Å². The lowest BCUT2D eigenvalue weighted by atomic mass is 10.2. The number of hydrogen-bond donors (Lipinski definition) is 1. The number of likely N-dealkylation sites (tertiary alicyclic amines) is 1. The number of halogens is 1. The van der Waals surface area contributed by atoms with Crippen molar-refractivity contribution in [2.24, 2.45) is 0 Å². The molecule has 1 fully saturated rings. The van der Waals surface area contributed by atoms with Crippen LogP contribution < -0.4 is 4.72 Å². The number of benzene rings is 1. The predicted molar refractivity (Wildman–Crippen MR) is 81.6 cm³/mol. The van der Waals surface area contributed by atoms with Crippen LogP contribution in [-0.2, 0) is 10.0 Å². The van der Waals surface area contributed by atoms with Crippen molar-refractivity contribution in [3.8, 4) is 6.07 Å². The first-order chi connectivity index (χ1) is 9.92. The second-order valence-electron chi connectivity index (χ2n) is 5.29. The molecule has 1 aromatic carbocycles.